The van der Waals surface area contributed by atoms with Crippen molar-refractivity contribution in [1.29, 1.82) is 0 Å². The third kappa shape index (κ3) is 4.72. The number of sulfone groups is 1. The van der Waals surface area contributed by atoms with Crippen LogP contribution in [0.5, 0.6) is 0 Å². The van der Waals surface area contributed by atoms with Crippen LogP contribution < -0.4 is 0 Å². The van der Waals surface area contributed by atoms with Gasteiger partial charge < -0.3 is 0 Å². The molecular weight excluding hydrogens is 256 g/mol. The zero-order chi connectivity index (χ0) is 14.3. The van der Waals surface area contributed by atoms with E-state index in [1.807, 2.05) is 26.0 Å². The van der Waals surface area contributed by atoms with E-state index in [4.69, 9.17) is 0 Å². The molecule has 0 spiro atoms. The van der Waals surface area contributed by atoms with Gasteiger partial charge in [-0.25, -0.2) is 8.42 Å². The van der Waals surface area contributed by atoms with Crippen molar-refractivity contribution in [3.8, 4) is 11.8 Å². The van der Waals surface area contributed by atoms with Crippen LogP contribution in [-0.2, 0) is 9.84 Å². The standard InChI is InChI=1S/C16H22O2S/c1-4-6-7-9-14(3)15-10-8-11-16(13-15)19(17,18)12-5-2/h8,10-11,13-14H,4-5,9,12H2,1-3H3. The zero-order valence-electron chi connectivity index (χ0n) is 11.9. The highest BCUT2D eigenvalue weighted by Crippen LogP contribution is 2.22. The van der Waals surface area contributed by atoms with Crippen LogP contribution in [-0.4, -0.2) is 14.2 Å². The second-order valence-corrected chi connectivity index (χ2v) is 6.81. The molecule has 0 saturated heterocycles. The van der Waals surface area contributed by atoms with Gasteiger partial charge in [0.25, 0.3) is 0 Å². The molecule has 1 aromatic rings. The number of hydrogen-bond acceptors (Lipinski definition) is 2. The monoisotopic (exact) mass is 278 g/mol. The molecule has 0 radical (unpaired) electrons. The van der Waals surface area contributed by atoms with Crippen LogP contribution in [0.25, 0.3) is 0 Å². The molecular formula is C16H22O2S. The summed E-state index contributed by atoms with van der Waals surface area (Å²) in [5.41, 5.74) is 1.04. The minimum atomic E-state index is -3.13. The van der Waals surface area contributed by atoms with Crippen LogP contribution in [0.4, 0.5) is 0 Å². The van der Waals surface area contributed by atoms with Gasteiger partial charge >= 0.3 is 0 Å². The van der Waals surface area contributed by atoms with Crippen LogP contribution in [0.3, 0.4) is 0 Å². The summed E-state index contributed by atoms with van der Waals surface area (Å²) in [6.45, 7) is 5.98. The van der Waals surface area contributed by atoms with Crippen molar-refractivity contribution in [2.75, 3.05) is 5.75 Å². The fraction of sp³-hybridized carbons (Fsp3) is 0.500. The Kier molecular flexibility index (Phi) is 6.11. The van der Waals surface area contributed by atoms with E-state index in [1.54, 1.807) is 12.1 Å². The summed E-state index contributed by atoms with van der Waals surface area (Å²) >= 11 is 0. The molecule has 0 amide bonds. The van der Waals surface area contributed by atoms with Crippen LogP contribution in [0.2, 0.25) is 0 Å². The minimum Gasteiger partial charge on any atom is -0.224 e. The molecule has 3 heteroatoms. The Labute approximate surface area is 117 Å². The van der Waals surface area contributed by atoms with E-state index in [-0.39, 0.29) is 11.7 Å². The lowest BCUT2D eigenvalue weighted by Gasteiger charge is -2.10. The summed E-state index contributed by atoms with van der Waals surface area (Å²) < 4.78 is 24.1. The van der Waals surface area contributed by atoms with Gasteiger partial charge in [0.05, 0.1) is 10.6 Å². The predicted octanol–water partition coefficient (Wildman–Crippen LogP) is 3.78. The molecule has 0 aromatic heterocycles. The van der Waals surface area contributed by atoms with Crippen molar-refractivity contribution in [3.63, 3.8) is 0 Å². The molecule has 19 heavy (non-hydrogen) atoms. The second kappa shape index (κ2) is 7.35. The molecule has 0 aliphatic carbocycles. The normalized spacial score (nSPS) is 12.6. The molecule has 0 aliphatic rings. The number of rotatable bonds is 5. The minimum absolute atomic E-state index is 0.209. The number of benzene rings is 1. The first-order chi connectivity index (χ1) is 9.01. The molecule has 1 unspecified atom stereocenters. The van der Waals surface area contributed by atoms with Gasteiger partial charge in [0.15, 0.2) is 9.84 Å². The summed E-state index contributed by atoms with van der Waals surface area (Å²) in [5.74, 6) is 6.63. The molecule has 0 bridgehead atoms. The van der Waals surface area contributed by atoms with Crippen LogP contribution in [0, 0.1) is 11.8 Å². The van der Waals surface area contributed by atoms with Gasteiger partial charge in [-0.1, -0.05) is 32.9 Å². The smallest absolute Gasteiger partial charge is 0.178 e. The first kappa shape index (κ1) is 15.8. The van der Waals surface area contributed by atoms with E-state index in [9.17, 15) is 8.42 Å². The maximum Gasteiger partial charge on any atom is 0.178 e. The third-order valence-electron chi connectivity index (χ3n) is 2.97. The predicted molar refractivity (Wildman–Crippen MR) is 79.9 cm³/mol. The number of hydrogen-bond donors (Lipinski definition) is 0. The first-order valence-electron chi connectivity index (χ1n) is 6.79. The van der Waals surface area contributed by atoms with Gasteiger partial charge in [0.2, 0.25) is 0 Å². The first-order valence-corrected chi connectivity index (χ1v) is 8.45. The van der Waals surface area contributed by atoms with E-state index in [2.05, 4.69) is 18.8 Å². The van der Waals surface area contributed by atoms with Gasteiger partial charge in [-0.05, 0) is 30.0 Å². The van der Waals surface area contributed by atoms with E-state index >= 15 is 0 Å². The maximum atomic E-state index is 12.0. The Bertz CT molecular complexity index is 562. The third-order valence-corrected chi connectivity index (χ3v) is 4.89. The molecule has 2 nitrogen and oxygen atoms in total. The van der Waals surface area contributed by atoms with Crippen molar-refractivity contribution < 1.29 is 8.42 Å². The van der Waals surface area contributed by atoms with Crippen molar-refractivity contribution in [2.45, 2.75) is 50.8 Å². The quantitative estimate of drug-likeness (QED) is 0.768. The summed E-state index contributed by atoms with van der Waals surface area (Å²) in [6.07, 6.45) is 2.27. The summed E-state index contributed by atoms with van der Waals surface area (Å²) in [6, 6.07) is 7.27. The molecule has 0 N–H and O–H groups in total. The zero-order valence-corrected chi connectivity index (χ0v) is 12.8. The van der Waals surface area contributed by atoms with E-state index in [1.165, 1.54) is 0 Å². The van der Waals surface area contributed by atoms with Crippen molar-refractivity contribution in [1.82, 2.24) is 0 Å². The molecule has 104 valence electrons. The molecule has 0 heterocycles. The molecule has 1 rings (SSSR count). The Balaban J connectivity index is 2.94. The fourth-order valence-electron chi connectivity index (χ4n) is 1.87. The van der Waals surface area contributed by atoms with Crippen LogP contribution in [0.1, 0.15) is 51.5 Å². The van der Waals surface area contributed by atoms with Crippen LogP contribution >= 0.6 is 0 Å². The topological polar surface area (TPSA) is 34.1 Å². The highest BCUT2D eigenvalue weighted by atomic mass is 32.2. The SMILES string of the molecule is CCC#CCC(C)c1cccc(S(=O)(=O)CCC)c1. The van der Waals surface area contributed by atoms with Gasteiger partial charge in [-0.2, -0.15) is 0 Å². The lowest BCUT2D eigenvalue weighted by Crippen LogP contribution is -2.06. The molecule has 0 saturated carbocycles. The van der Waals surface area contributed by atoms with Gasteiger partial charge in [0.1, 0.15) is 0 Å². The Morgan fingerprint density at radius 3 is 2.58 bits per heavy atom. The average molecular weight is 278 g/mol. The van der Waals surface area contributed by atoms with E-state index in [0.717, 1.165) is 18.4 Å². The highest BCUT2D eigenvalue weighted by Gasteiger charge is 2.14. The fourth-order valence-corrected chi connectivity index (χ4v) is 3.24. The van der Waals surface area contributed by atoms with E-state index < -0.39 is 9.84 Å². The van der Waals surface area contributed by atoms with Gasteiger partial charge in [-0.3, -0.25) is 0 Å². The Hall–Kier alpha value is -1.27. The second-order valence-electron chi connectivity index (χ2n) is 4.70. The molecule has 1 aromatic carbocycles. The highest BCUT2D eigenvalue weighted by molar-refractivity contribution is 7.91. The van der Waals surface area contributed by atoms with Crippen molar-refractivity contribution in [2.24, 2.45) is 0 Å². The van der Waals surface area contributed by atoms with Gasteiger partial charge in [0, 0.05) is 12.8 Å². The summed E-state index contributed by atoms with van der Waals surface area (Å²) in [4.78, 5) is 0.433. The Morgan fingerprint density at radius 2 is 1.95 bits per heavy atom. The molecule has 1 atom stereocenters. The average Bonchev–Trinajstić information content (AvgIpc) is 2.39. The van der Waals surface area contributed by atoms with Crippen LogP contribution in [0.15, 0.2) is 29.2 Å². The van der Waals surface area contributed by atoms with Crippen molar-refractivity contribution in [3.05, 3.63) is 29.8 Å². The lowest BCUT2D eigenvalue weighted by molar-refractivity contribution is 0.594. The van der Waals surface area contributed by atoms with Gasteiger partial charge in [-0.15, -0.1) is 11.8 Å². The summed E-state index contributed by atoms with van der Waals surface area (Å²) in [5, 5.41) is 0. The largest absolute Gasteiger partial charge is 0.224 e. The summed E-state index contributed by atoms with van der Waals surface area (Å²) in [7, 11) is -3.13. The molecule has 0 fully saturated rings. The molecule has 0 aliphatic heterocycles. The lowest BCUT2D eigenvalue weighted by atomic mass is 9.98. The Morgan fingerprint density at radius 1 is 1.21 bits per heavy atom. The maximum absolute atomic E-state index is 12.0. The van der Waals surface area contributed by atoms with Crippen molar-refractivity contribution >= 4 is 9.84 Å². The van der Waals surface area contributed by atoms with E-state index in [0.29, 0.717) is 11.3 Å².